The van der Waals surface area contributed by atoms with Crippen LogP contribution in [0.25, 0.3) is 0 Å². The van der Waals surface area contributed by atoms with Crippen LogP contribution in [0.2, 0.25) is 0 Å². The minimum Gasteiger partial charge on any atom is -0.355 e. The first kappa shape index (κ1) is 22.4. The maximum Gasteiger partial charge on any atom is 0.191 e. The van der Waals surface area contributed by atoms with Crippen LogP contribution >= 0.6 is 24.0 Å². The third-order valence-corrected chi connectivity index (χ3v) is 4.15. The maximum absolute atomic E-state index is 4.31. The number of guanidine groups is 1. The average Bonchev–Trinajstić information content (AvgIpc) is 3.08. The largest absolute Gasteiger partial charge is 0.355 e. The summed E-state index contributed by atoms with van der Waals surface area (Å²) in [4.78, 5) is 6.52. The summed E-state index contributed by atoms with van der Waals surface area (Å²) in [5.41, 5.74) is 1.28. The summed E-state index contributed by atoms with van der Waals surface area (Å²) < 4.78 is 2.06. The van der Waals surface area contributed by atoms with Gasteiger partial charge in [-0.3, -0.25) is 4.99 Å². The number of aliphatic imine (C=N–C) groups is 1. The predicted molar refractivity (Wildman–Crippen MR) is 117 cm³/mol. The molecular formula is C18H30IN7. The smallest absolute Gasteiger partial charge is 0.191 e. The molecule has 0 aliphatic heterocycles. The molecule has 0 aliphatic rings. The van der Waals surface area contributed by atoms with Crippen LogP contribution in [-0.4, -0.2) is 59.9 Å². The number of benzene rings is 1. The molecule has 0 spiro atoms. The minimum atomic E-state index is 0. The van der Waals surface area contributed by atoms with Crippen molar-refractivity contribution >= 4 is 29.9 Å². The normalized spacial score (nSPS) is 12.6. The highest BCUT2D eigenvalue weighted by atomic mass is 127. The van der Waals surface area contributed by atoms with E-state index in [1.54, 1.807) is 13.4 Å². The standard InChI is InChI=1S/C18H29N7.HI/c1-5-17-23-22-14-25(17)12-11-20-18(19-2)21-13-16(24(3)4)15-9-7-6-8-10-15;/h6-10,14,16H,5,11-13H2,1-4H3,(H2,19,20,21);1H. The molecule has 26 heavy (non-hydrogen) atoms. The summed E-state index contributed by atoms with van der Waals surface area (Å²) in [5, 5.41) is 14.8. The molecule has 0 fully saturated rings. The molecule has 1 aromatic carbocycles. The SMILES string of the molecule is CCc1nncn1CCNC(=NC)NCC(c1ccccc1)N(C)C.I. The van der Waals surface area contributed by atoms with Crippen molar-refractivity contribution in [1.82, 2.24) is 30.3 Å². The first-order valence-corrected chi connectivity index (χ1v) is 8.68. The Morgan fingerprint density at radius 2 is 1.96 bits per heavy atom. The zero-order chi connectivity index (χ0) is 18.1. The van der Waals surface area contributed by atoms with Crippen LogP contribution < -0.4 is 10.6 Å². The van der Waals surface area contributed by atoms with E-state index in [4.69, 9.17) is 0 Å². The molecule has 8 heteroatoms. The molecule has 2 rings (SSSR count). The van der Waals surface area contributed by atoms with Crippen LogP contribution in [0.1, 0.15) is 24.4 Å². The second kappa shape index (κ2) is 11.8. The van der Waals surface area contributed by atoms with E-state index in [2.05, 4.69) is 80.6 Å². The summed E-state index contributed by atoms with van der Waals surface area (Å²) in [6, 6.07) is 10.8. The second-order valence-electron chi connectivity index (χ2n) is 6.06. The van der Waals surface area contributed by atoms with Crippen molar-refractivity contribution in [3.05, 3.63) is 48.0 Å². The molecule has 2 N–H and O–H groups in total. The van der Waals surface area contributed by atoms with Gasteiger partial charge in [-0.05, 0) is 19.7 Å². The van der Waals surface area contributed by atoms with Gasteiger partial charge in [0.1, 0.15) is 12.2 Å². The van der Waals surface area contributed by atoms with E-state index in [-0.39, 0.29) is 30.0 Å². The number of hydrogen-bond donors (Lipinski definition) is 2. The second-order valence-corrected chi connectivity index (χ2v) is 6.06. The molecule has 0 bridgehead atoms. The number of likely N-dealkylation sites (N-methyl/N-ethyl adjacent to an activating group) is 1. The molecule has 1 heterocycles. The van der Waals surface area contributed by atoms with Crippen molar-refractivity contribution in [2.75, 3.05) is 34.2 Å². The molecule has 0 aliphatic carbocycles. The van der Waals surface area contributed by atoms with Gasteiger partial charge in [0, 0.05) is 33.1 Å². The third kappa shape index (κ3) is 6.56. The Hall–Kier alpha value is -1.68. The minimum absolute atomic E-state index is 0. The van der Waals surface area contributed by atoms with Crippen molar-refractivity contribution in [2.45, 2.75) is 25.9 Å². The Balaban J connectivity index is 0.00000338. The van der Waals surface area contributed by atoms with Gasteiger partial charge in [-0.15, -0.1) is 34.2 Å². The maximum atomic E-state index is 4.31. The van der Waals surface area contributed by atoms with E-state index < -0.39 is 0 Å². The lowest BCUT2D eigenvalue weighted by Gasteiger charge is -2.26. The van der Waals surface area contributed by atoms with Crippen LogP contribution in [0, 0.1) is 0 Å². The molecule has 1 atom stereocenters. The van der Waals surface area contributed by atoms with Gasteiger partial charge < -0.3 is 20.1 Å². The lowest BCUT2D eigenvalue weighted by atomic mass is 10.1. The lowest BCUT2D eigenvalue weighted by molar-refractivity contribution is 0.298. The Morgan fingerprint density at radius 1 is 1.23 bits per heavy atom. The first-order chi connectivity index (χ1) is 12.2. The Kier molecular flexibility index (Phi) is 10.2. The van der Waals surface area contributed by atoms with E-state index in [1.807, 2.05) is 6.07 Å². The summed E-state index contributed by atoms with van der Waals surface area (Å²) in [5.74, 6) is 1.80. The highest BCUT2D eigenvalue weighted by Crippen LogP contribution is 2.16. The molecule has 0 saturated heterocycles. The number of rotatable bonds is 8. The molecule has 0 radical (unpaired) electrons. The topological polar surface area (TPSA) is 70.4 Å². The fourth-order valence-corrected chi connectivity index (χ4v) is 2.72. The van der Waals surface area contributed by atoms with E-state index >= 15 is 0 Å². The van der Waals surface area contributed by atoms with Gasteiger partial charge >= 0.3 is 0 Å². The fraction of sp³-hybridized carbons (Fsp3) is 0.500. The van der Waals surface area contributed by atoms with Gasteiger partial charge in [0.05, 0.1) is 6.04 Å². The van der Waals surface area contributed by atoms with Crippen LogP contribution in [0.3, 0.4) is 0 Å². The quantitative estimate of drug-likeness (QED) is 0.350. The summed E-state index contributed by atoms with van der Waals surface area (Å²) >= 11 is 0. The van der Waals surface area contributed by atoms with Gasteiger partial charge in [-0.1, -0.05) is 37.3 Å². The first-order valence-electron chi connectivity index (χ1n) is 8.68. The van der Waals surface area contributed by atoms with E-state index in [1.165, 1.54) is 5.56 Å². The monoisotopic (exact) mass is 471 g/mol. The Bertz CT molecular complexity index is 655. The van der Waals surface area contributed by atoms with E-state index in [0.29, 0.717) is 0 Å². The Morgan fingerprint density at radius 3 is 2.58 bits per heavy atom. The van der Waals surface area contributed by atoms with Gasteiger partial charge in [0.25, 0.3) is 0 Å². The van der Waals surface area contributed by atoms with Gasteiger partial charge in [0.15, 0.2) is 5.96 Å². The van der Waals surface area contributed by atoms with Crippen LogP contribution in [0.5, 0.6) is 0 Å². The van der Waals surface area contributed by atoms with Crippen molar-refractivity contribution in [2.24, 2.45) is 4.99 Å². The van der Waals surface area contributed by atoms with Crippen LogP contribution in [-0.2, 0) is 13.0 Å². The number of nitrogens with one attached hydrogen (secondary N) is 2. The predicted octanol–water partition coefficient (Wildman–Crippen LogP) is 1.93. The molecule has 0 saturated carbocycles. The molecule has 7 nitrogen and oxygen atoms in total. The van der Waals surface area contributed by atoms with Gasteiger partial charge in [-0.25, -0.2) is 0 Å². The zero-order valence-electron chi connectivity index (χ0n) is 16.0. The number of halogens is 1. The van der Waals surface area contributed by atoms with Crippen LogP contribution in [0.4, 0.5) is 0 Å². The Labute approximate surface area is 173 Å². The summed E-state index contributed by atoms with van der Waals surface area (Å²) in [6.45, 7) is 4.44. The van der Waals surface area contributed by atoms with Gasteiger partial charge in [0.2, 0.25) is 0 Å². The van der Waals surface area contributed by atoms with E-state index in [9.17, 15) is 0 Å². The molecular weight excluding hydrogens is 441 g/mol. The lowest BCUT2D eigenvalue weighted by Crippen LogP contribution is -2.42. The van der Waals surface area contributed by atoms with E-state index in [0.717, 1.165) is 37.8 Å². The van der Waals surface area contributed by atoms with Gasteiger partial charge in [-0.2, -0.15) is 0 Å². The molecule has 2 aromatic rings. The number of aromatic nitrogens is 3. The molecule has 144 valence electrons. The van der Waals surface area contributed by atoms with Crippen molar-refractivity contribution in [3.8, 4) is 0 Å². The average molecular weight is 471 g/mol. The van der Waals surface area contributed by atoms with Crippen molar-refractivity contribution < 1.29 is 0 Å². The molecule has 0 amide bonds. The molecule has 1 unspecified atom stereocenters. The summed E-state index contributed by atoms with van der Waals surface area (Å²) in [6.07, 6.45) is 2.66. The highest BCUT2D eigenvalue weighted by Gasteiger charge is 2.14. The van der Waals surface area contributed by atoms with Crippen molar-refractivity contribution in [3.63, 3.8) is 0 Å². The third-order valence-electron chi connectivity index (χ3n) is 4.15. The zero-order valence-corrected chi connectivity index (χ0v) is 18.3. The van der Waals surface area contributed by atoms with Crippen LogP contribution in [0.15, 0.2) is 41.7 Å². The number of nitrogens with zero attached hydrogens (tertiary/aromatic N) is 5. The number of hydrogen-bond acceptors (Lipinski definition) is 4. The van der Waals surface area contributed by atoms with Crippen molar-refractivity contribution in [1.29, 1.82) is 0 Å². The number of aryl methyl sites for hydroxylation is 1. The molecule has 1 aromatic heterocycles. The fourth-order valence-electron chi connectivity index (χ4n) is 2.72. The highest BCUT2D eigenvalue weighted by molar-refractivity contribution is 14.0. The summed E-state index contributed by atoms with van der Waals surface area (Å²) in [7, 11) is 5.97.